The Morgan fingerprint density at radius 2 is 1.43 bits per heavy atom. The van der Waals surface area contributed by atoms with Crippen molar-refractivity contribution in [2.75, 3.05) is 13.2 Å². The smallest absolute Gasteiger partial charge is 0.243 e. The molecule has 4 nitrogen and oxygen atoms in total. The third-order valence-corrected chi connectivity index (χ3v) is 3.77. The van der Waals surface area contributed by atoms with Gasteiger partial charge in [-0.3, -0.25) is 0 Å². The monoisotopic (exact) mass is 325 g/mol. The highest BCUT2D eigenvalue weighted by Gasteiger charge is 2.03. The highest BCUT2D eigenvalue weighted by Crippen LogP contribution is 2.02. The van der Waals surface area contributed by atoms with Crippen LogP contribution < -0.4 is 4.57 Å². The van der Waals surface area contributed by atoms with Crippen molar-refractivity contribution in [3.8, 4) is 0 Å². The van der Waals surface area contributed by atoms with Crippen LogP contribution in [0.5, 0.6) is 0 Å². The van der Waals surface area contributed by atoms with E-state index in [4.69, 9.17) is 9.47 Å². The predicted octanol–water partition coefficient (Wildman–Crippen LogP) is 3.97. The molecular weight excluding hydrogens is 288 g/mol. The van der Waals surface area contributed by atoms with Crippen molar-refractivity contribution in [2.45, 2.75) is 91.5 Å². The third kappa shape index (κ3) is 11.3. The van der Waals surface area contributed by atoms with Gasteiger partial charge in [0.2, 0.25) is 6.33 Å². The Morgan fingerprint density at radius 3 is 2.04 bits per heavy atom. The standard InChI is InChI=1S/C19H37N2O2/c1-18(2)22-15-9-5-7-11-20-13-14-21(17-20)12-8-6-10-16-23-19(3)4/h13-14,17-19H,5-12,15-16H2,1-4H3/q+1. The minimum absolute atomic E-state index is 0.357. The Morgan fingerprint density at radius 1 is 0.826 bits per heavy atom. The van der Waals surface area contributed by atoms with Crippen LogP contribution in [0.25, 0.3) is 0 Å². The SMILES string of the molecule is CC(C)OCCCCCn1cc[n+](CCCCCOC(C)C)c1. The van der Waals surface area contributed by atoms with Crippen molar-refractivity contribution in [1.29, 1.82) is 0 Å². The van der Waals surface area contributed by atoms with Crippen molar-refractivity contribution in [2.24, 2.45) is 0 Å². The number of imidazole rings is 1. The lowest BCUT2D eigenvalue weighted by Crippen LogP contribution is -2.30. The molecule has 0 aliphatic heterocycles. The zero-order valence-electron chi connectivity index (χ0n) is 15.7. The van der Waals surface area contributed by atoms with Gasteiger partial charge in [0.1, 0.15) is 12.4 Å². The van der Waals surface area contributed by atoms with E-state index < -0.39 is 0 Å². The Labute approximate surface area is 142 Å². The lowest BCUT2D eigenvalue weighted by molar-refractivity contribution is -0.696. The first-order valence-corrected chi connectivity index (χ1v) is 9.36. The van der Waals surface area contributed by atoms with E-state index in [0.29, 0.717) is 12.2 Å². The Balaban J connectivity index is 2.01. The molecule has 0 fully saturated rings. The lowest BCUT2D eigenvalue weighted by atomic mass is 10.2. The van der Waals surface area contributed by atoms with Crippen LogP contribution in [0.4, 0.5) is 0 Å². The molecule has 0 aliphatic carbocycles. The molecule has 0 unspecified atom stereocenters. The van der Waals surface area contributed by atoms with Gasteiger partial charge in [0.25, 0.3) is 0 Å². The Bertz CT molecular complexity index is 354. The van der Waals surface area contributed by atoms with Gasteiger partial charge in [0, 0.05) is 13.2 Å². The molecule has 1 aromatic rings. The number of aryl methyl sites for hydroxylation is 2. The van der Waals surface area contributed by atoms with Gasteiger partial charge in [0.15, 0.2) is 0 Å². The summed E-state index contributed by atoms with van der Waals surface area (Å²) < 4.78 is 15.7. The maximum Gasteiger partial charge on any atom is 0.243 e. The molecule has 0 N–H and O–H groups in total. The molecule has 0 radical (unpaired) electrons. The summed E-state index contributed by atoms with van der Waals surface area (Å²) in [5, 5.41) is 0. The van der Waals surface area contributed by atoms with E-state index in [0.717, 1.165) is 39.1 Å². The Hall–Kier alpha value is -0.870. The second-order valence-corrected chi connectivity index (χ2v) is 6.85. The van der Waals surface area contributed by atoms with Crippen LogP contribution in [0, 0.1) is 0 Å². The normalized spacial score (nSPS) is 11.7. The van der Waals surface area contributed by atoms with Gasteiger partial charge in [-0.25, -0.2) is 9.13 Å². The van der Waals surface area contributed by atoms with Gasteiger partial charge in [-0.05, 0) is 66.2 Å². The molecule has 0 amide bonds. The number of hydrogen-bond acceptors (Lipinski definition) is 2. The van der Waals surface area contributed by atoms with Gasteiger partial charge in [-0.1, -0.05) is 0 Å². The van der Waals surface area contributed by atoms with Crippen LogP contribution in [0.1, 0.15) is 66.2 Å². The highest BCUT2D eigenvalue weighted by atomic mass is 16.5. The first kappa shape index (κ1) is 20.2. The van der Waals surface area contributed by atoms with Crippen molar-refractivity contribution >= 4 is 0 Å². The molecule has 1 heterocycles. The molecule has 1 aromatic heterocycles. The van der Waals surface area contributed by atoms with Crippen LogP contribution in [0.3, 0.4) is 0 Å². The number of aromatic nitrogens is 2. The van der Waals surface area contributed by atoms with E-state index in [1.807, 2.05) is 0 Å². The van der Waals surface area contributed by atoms with E-state index in [1.165, 1.54) is 25.7 Å². The highest BCUT2D eigenvalue weighted by molar-refractivity contribution is 4.66. The summed E-state index contributed by atoms with van der Waals surface area (Å²) in [5.41, 5.74) is 0. The molecule has 23 heavy (non-hydrogen) atoms. The fourth-order valence-corrected chi connectivity index (χ4v) is 2.49. The summed E-state index contributed by atoms with van der Waals surface area (Å²) in [6, 6.07) is 0. The summed E-state index contributed by atoms with van der Waals surface area (Å²) in [6.07, 6.45) is 14.6. The summed E-state index contributed by atoms with van der Waals surface area (Å²) in [4.78, 5) is 0. The topological polar surface area (TPSA) is 27.3 Å². The van der Waals surface area contributed by atoms with Crippen LogP contribution in [-0.4, -0.2) is 30.0 Å². The number of ether oxygens (including phenoxy) is 2. The molecular formula is C19H37N2O2+. The predicted molar refractivity (Wildman–Crippen MR) is 94.5 cm³/mol. The molecule has 1 rings (SSSR count). The van der Waals surface area contributed by atoms with E-state index >= 15 is 0 Å². The van der Waals surface area contributed by atoms with Crippen molar-refractivity contribution < 1.29 is 14.0 Å². The second-order valence-electron chi connectivity index (χ2n) is 6.85. The minimum atomic E-state index is 0.357. The average Bonchev–Trinajstić information content (AvgIpc) is 2.93. The fraction of sp³-hybridized carbons (Fsp3) is 0.842. The lowest BCUT2D eigenvalue weighted by Gasteiger charge is -2.06. The average molecular weight is 326 g/mol. The van der Waals surface area contributed by atoms with E-state index in [1.54, 1.807) is 0 Å². The van der Waals surface area contributed by atoms with Gasteiger partial charge in [-0.2, -0.15) is 0 Å². The van der Waals surface area contributed by atoms with Crippen LogP contribution in [-0.2, 0) is 22.6 Å². The fourth-order valence-electron chi connectivity index (χ4n) is 2.49. The van der Waals surface area contributed by atoms with Crippen LogP contribution in [0.2, 0.25) is 0 Å². The molecule has 0 atom stereocenters. The first-order valence-electron chi connectivity index (χ1n) is 9.36. The van der Waals surface area contributed by atoms with E-state index in [2.05, 4.69) is 55.6 Å². The van der Waals surface area contributed by atoms with Crippen molar-refractivity contribution in [3.63, 3.8) is 0 Å². The van der Waals surface area contributed by atoms with Crippen LogP contribution >= 0.6 is 0 Å². The maximum absolute atomic E-state index is 5.56. The first-order chi connectivity index (χ1) is 11.1. The van der Waals surface area contributed by atoms with Gasteiger partial charge in [-0.15, -0.1) is 0 Å². The van der Waals surface area contributed by atoms with E-state index in [-0.39, 0.29) is 0 Å². The number of hydrogen-bond donors (Lipinski definition) is 0. The molecule has 0 spiro atoms. The van der Waals surface area contributed by atoms with Gasteiger partial charge >= 0.3 is 0 Å². The Kier molecular flexibility index (Phi) is 11.0. The third-order valence-electron chi connectivity index (χ3n) is 3.77. The largest absolute Gasteiger partial charge is 0.379 e. The van der Waals surface area contributed by atoms with E-state index in [9.17, 15) is 0 Å². The van der Waals surface area contributed by atoms with Crippen molar-refractivity contribution in [1.82, 2.24) is 4.57 Å². The summed E-state index contributed by atoms with van der Waals surface area (Å²) in [7, 11) is 0. The molecule has 134 valence electrons. The molecule has 0 aliphatic rings. The van der Waals surface area contributed by atoms with Crippen molar-refractivity contribution in [3.05, 3.63) is 18.7 Å². The maximum atomic E-state index is 5.56. The quantitative estimate of drug-likeness (QED) is 0.382. The molecule has 0 saturated heterocycles. The molecule has 0 aromatic carbocycles. The number of rotatable bonds is 14. The summed E-state index contributed by atoms with van der Waals surface area (Å²) in [5.74, 6) is 0. The summed E-state index contributed by atoms with van der Waals surface area (Å²) >= 11 is 0. The molecule has 0 saturated carbocycles. The zero-order chi connectivity index (χ0) is 16.9. The zero-order valence-corrected chi connectivity index (χ0v) is 15.7. The number of nitrogens with zero attached hydrogens (tertiary/aromatic N) is 2. The molecule has 4 heteroatoms. The number of unbranched alkanes of at least 4 members (excludes halogenated alkanes) is 4. The molecule has 0 bridgehead atoms. The summed E-state index contributed by atoms with van der Waals surface area (Å²) in [6.45, 7) is 12.4. The van der Waals surface area contributed by atoms with Gasteiger partial charge in [0.05, 0.1) is 25.3 Å². The van der Waals surface area contributed by atoms with Crippen LogP contribution in [0.15, 0.2) is 18.7 Å². The van der Waals surface area contributed by atoms with Gasteiger partial charge < -0.3 is 9.47 Å². The second kappa shape index (κ2) is 12.5. The minimum Gasteiger partial charge on any atom is -0.379 e.